The van der Waals surface area contributed by atoms with Crippen LogP contribution in [0.2, 0.25) is 0 Å². The van der Waals surface area contributed by atoms with Crippen molar-refractivity contribution < 1.29 is 4.74 Å². The van der Waals surface area contributed by atoms with Crippen molar-refractivity contribution in [1.29, 1.82) is 0 Å². The van der Waals surface area contributed by atoms with E-state index >= 15 is 0 Å². The Morgan fingerprint density at radius 3 is 2.39 bits per heavy atom. The Hall–Kier alpha value is -1.80. The van der Waals surface area contributed by atoms with Crippen molar-refractivity contribution in [2.75, 3.05) is 0 Å². The van der Waals surface area contributed by atoms with Gasteiger partial charge in [0, 0.05) is 6.04 Å². The second-order valence-corrected chi connectivity index (χ2v) is 4.68. The molecule has 0 aromatic heterocycles. The fraction of sp³-hybridized carbons (Fsp3) is 0.250. The zero-order valence-electron chi connectivity index (χ0n) is 10.9. The second kappa shape index (κ2) is 5.69. The van der Waals surface area contributed by atoms with Gasteiger partial charge in [0.15, 0.2) is 0 Å². The number of benzene rings is 2. The van der Waals surface area contributed by atoms with Gasteiger partial charge in [-0.25, -0.2) is 0 Å². The highest BCUT2D eigenvalue weighted by atomic mass is 16.5. The van der Waals surface area contributed by atoms with E-state index in [1.54, 1.807) is 0 Å². The van der Waals surface area contributed by atoms with Crippen LogP contribution in [0.15, 0.2) is 48.5 Å². The van der Waals surface area contributed by atoms with Crippen LogP contribution in [0.1, 0.15) is 18.1 Å². The molecule has 0 saturated heterocycles. The van der Waals surface area contributed by atoms with E-state index in [9.17, 15) is 0 Å². The van der Waals surface area contributed by atoms with Crippen molar-refractivity contribution in [3.05, 3.63) is 59.7 Å². The molecule has 2 N–H and O–H groups in total. The molecular weight excluding hydrogens is 222 g/mol. The Bertz CT molecular complexity index is 506. The predicted molar refractivity (Wildman–Crippen MR) is 75.0 cm³/mol. The Morgan fingerprint density at radius 2 is 1.78 bits per heavy atom. The third-order valence-corrected chi connectivity index (χ3v) is 2.83. The molecule has 0 amide bonds. The molecule has 1 atom stereocenters. The number of aryl methyl sites for hydroxylation is 1. The SMILES string of the molecule is Cc1cc(Oc2ccccc2)ccc1CC(C)N. The highest BCUT2D eigenvalue weighted by Gasteiger charge is 2.04. The van der Waals surface area contributed by atoms with Crippen LogP contribution in [0.5, 0.6) is 11.5 Å². The van der Waals surface area contributed by atoms with Crippen molar-refractivity contribution >= 4 is 0 Å². The molecule has 2 rings (SSSR count). The molecule has 0 bridgehead atoms. The topological polar surface area (TPSA) is 35.2 Å². The second-order valence-electron chi connectivity index (χ2n) is 4.68. The van der Waals surface area contributed by atoms with E-state index in [0.29, 0.717) is 0 Å². The van der Waals surface area contributed by atoms with Gasteiger partial charge in [0.1, 0.15) is 11.5 Å². The van der Waals surface area contributed by atoms with Crippen molar-refractivity contribution in [2.24, 2.45) is 5.73 Å². The summed E-state index contributed by atoms with van der Waals surface area (Å²) in [7, 11) is 0. The van der Waals surface area contributed by atoms with Crippen LogP contribution in [0.25, 0.3) is 0 Å². The third-order valence-electron chi connectivity index (χ3n) is 2.83. The molecule has 2 nitrogen and oxygen atoms in total. The fourth-order valence-electron chi connectivity index (χ4n) is 1.93. The lowest BCUT2D eigenvalue weighted by atomic mass is 10.0. The summed E-state index contributed by atoms with van der Waals surface area (Å²) in [4.78, 5) is 0. The van der Waals surface area contributed by atoms with Gasteiger partial charge in [0.05, 0.1) is 0 Å². The normalized spacial score (nSPS) is 12.2. The van der Waals surface area contributed by atoms with Crippen molar-refractivity contribution in [3.63, 3.8) is 0 Å². The number of hydrogen-bond donors (Lipinski definition) is 1. The molecule has 0 spiro atoms. The van der Waals surface area contributed by atoms with E-state index in [1.807, 2.05) is 43.3 Å². The molecule has 94 valence electrons. The van der Waals surface area contributed by atoms with Gasteiger partial charge in [-0.3, -0.25) is 0 Å². The van der Waals surface area contributed by atoms with Crippen molar-refractivity contribution in [2.45, 2.75) is 26.3 Å². The molecule has 18 heavy (non-hydrogen) atoms. The number of nitrogens with two attached hydrogens (primary N) is 1. The van der Waals surface area contributed by atoms with E-state index in [0.717, 1.165) is 17.9 Å². The van der Waals surface area contributed by atoms with Crippen LogP contribution < -0.4 is 10.5 Å². The highest BCUT2D eigenvalue weighted by molar-refractivity contribution is 5.38. The average molecular weight is 241 g/mol. The van der Waals surface area contributed by atoms with Gasteiger partial charge < -0.3 is 10.5 Å². The van der Waals surface area contributed by atoms with Crippen LogP contribution in [-0.2, 0) is 6.42 Å². The summed E-state index contributed by atoms with van der Waals surface area (Å²) in [6, 6.07) is 16.1. The van der Waals surface area contributed by atoms with Gasteiger partial charge in [0.25, 0.3) is 0 Å². The Morgan fingerprint density at radius 1 is 1.06 bits per heavy atom. The quantitative estimate of drug-likeness (QED) is 0.886. The summed E-state index contributed by atoms with van der Waals surface area (Å²) in [6.45, 7) is 4.11. The predicted octanol–water partition coefficient (Wildman–Crippen LogP) is 3.68. The molecule has 2 aromatic carbocycles. The van der Waals surface area contributed by atoms with E-state index in [2.05, 4.69) is 19.1 Å². The zero-order chi connectivity index (χ0) is 13.0. The van der Waals surface area contributed by atoms with Crippen LogP contribution in [-0.4, -0.2) is 6.04 Å². The first kappa shape index (κ1) is 12.7. The maximum absolute atomic E-state index is 5.82. The maximum Gasteiger partial charge on any atom is 0.127 e. The number of para-hydroxylation sites is 1. The number of rotatable bonds is 4. The summed E-state index contributed by atoms with van der Waals surface area (Å²) in [5, 5.41) is 0. The third kappa shape index (κ3) is 3.34. The smallest absolute Gasteiger partial charge is 0.127 e. The van der Waals surface area contributed by atoms with Crippen molar-refractivity contribution in [1.82, 2.24) is 0 Å². The first-order chi connectivity index (χ1) is 8.65. The van der Waals surface area contributed by atoms with E-state index in [-0.39, 0.29) is 6.04 Å². The van der Waals surface area contributed by atoms with Crippen LogP contribution in [0, 0.1) is 6.92 Å². The van der Waals surface area contributed by atoms with Gasteiger partial charge in [-0.2, -0.15) is 0 Å². The molecule has 0 aliphatic heterocycles. The monoisotopic (exact) mass is 241 g/mol. The Balaban J connectivity index is 2.14. The summed E-state index contributed by atoms with van der Waals surface area (Å²) >= 11 is 0. The largest absolute Gasteiger partial charge is 0.457 e. The van der Waals surface area contributed by atoms with Crippen LogP contribution in [0.4, 0.5) is 0 Å². The minimum Gasteiger partial charge on any atom is -0.457 e. The average Bonchev–Trinajstić information content (AvgIpc) is 2.33. The molecule has 0 heterocycles. The molecule has 1 unspecified atom stereocenters. The van der Waals surface area contributed by atoms with Crippen molar-refractivity contribution in [3.8, 4) is 11.5 Å². The molecule has 2 aromatic rings. The van der Waals surface area contributed by atoms with Gasteiger partial charge in [-0.1, -0.05) is 24.3 Å². The van der Waals surface area contributed by atoms with E-state index < -0.39 is 0 Å². The first-order valence-corrected chi connectivity index (χ1v) is 6.23. The molecule has 2 heteroatoms. The van der Waals surface area contributed by atoms with Crippen LogP contribution >= 0.6 is 0 Å². The summed E-state index contributed by atoms with van der Waals surface area (Å²) in [5.41, 5.74) is 8.33. The molecule has 0 radical (unpaired) electrons. The zero-order valence-corrected chi connectivity index (χ0v) is 10.9. The lowest BCUT2D eigenvalue weighted by Crippen LogP contribution is -2.18. The first-order valence-electron chi connectivity index (χ1n) is 6.23. The molecule has 0 aliphatic carbocycles. The fourth-order valence-corrected chi connectivity index (χ4v) is 1.93. The van der Waals surface area contributed by atoms with Gasteiger partial charge in [-0.15, -0.1) is 0 Å². The molecular formula is C16H19NO. The standard InChI is InChI=1S/C16H19NO/c1-12-10-16(9-8-14(12)11-13(2)17)18-15-6-4-3-5-7-15/h3-10,13H,11,17H2,1-2H3. The number of hydrogen-bond acceptors (Lipinski definition) is 2. The minimum atomic E-state index is 0.185. The summed E-state index contributed by atoms with van der Waals surface area (Å²) < 4.78 is 5.79. The lowest BCUT2D eigenvalue weighted by molar-refractivity contribution is 0.482. The molecule has 0 fully saturated rings. The number of ether oxygens (including phenoxy) is 1. The van der Waals surface area contributed by atoms with E-state index in [1.165, 1.54) is 11.1 Å². The summed E-state index contributed by atoms with van der Waals surface area (Å²) in [5.74, 6) is 1.73. The summed E-state index contributed by atoms with van der Waals surface area (Å²) in [6.07, 6.45) is 0.900. The van der Waals surface area contributed by atoms with Gasteiger partial charge >= 0.3 is 0 Å². The van der Waals surface area contributed by atoms with E-state index in [4.69, 9.17) is 10.5 Å². The maximum atomic E-state index is 5.82. The van der Waals surface area contributed by atoms with Crippen LogP contribution in [0.3, 0.4) is 0 Å². The minimum absolute atomic E-state index is 0.185. The Kier molecular flexibility index (Phi) is 4.00. The van der Waals surface area contributed by atoms with Gasteiger partial charge in [-0.05, 0) is 55.7 Å². The van der Waals surface area contributed by atoms with Gasteiger partial charge in [0.2, 0.25) is 0 Å². The lowest BCUT2D eigenvalue weighted by Gasteiger charge is -2.11. The molecule has 0 saturated carbocycles. The highest BCUT2D eigenvalue weighted by Crippen LogP contribution is 2.23. The Labute approximate surface area is 108 Å². The molecule has 0 aliphatic rings.